The highest BCUT2D eigenvalue weighted by Crippen LogP contribution is 2.31. The highest BCUT2D eigenvalue weighted by molar-refractivity contribution is 6.04. The number of rotatable bonds is 5. The van der Waals surface area contributed by atoms with Gasteiger partial charge in [-0.1, -0.05) is 18.2 Å². The number of nitrogens with zero attached hydrogens (tertiary/aromatic N) is 5. The Kier molecular flexibility index (Phi) is 5.43. The molecule has 0 aliphatic carbocycles. The zero-order chi connectivity index (χ0) is 23.1. The number of amides is 3. The first-order valence-electron chi connectivity index (χ1n) is 10.8. The van der Waals surface area contributed by atoms with E-state index in [0.717, 1.165) is 0 Å². The molecule has 172 valence electrons. The number of aromatic nitrogens is 2. The molecule has 7 nitrogen and oxygen atoms in total. The number of anilines is 1. The van der Waals surface area contributed by atoms with E-state index < -0.39 is 18.2 Å². The summed E-state index contributed by atoms with van der Waals surface area (Å²) in [7, 11) is 0. The second-order valence-corrected chi connectivity index (χ2v) is 8.30. The van der Waals surface area contributed by atoms with Crippen molar-refractivity contribution < 1.29 is 22.8 Å². The number of benzene rings is 2. The van der Waals surface area contributed by atoms with Crippen LogP contribution in [0.1, 0.15) is 6.42 Å². The van der Waals surface area contributed by atoms with E-state index in [2.05, 4.69) is 5.10 Å². The summed E-state index contributed by atoms with van der Waals surface area (Å²) < 4.78 is 41.6. The van der Waals surface area contributed by atoms with Crippen molar-refractivity contribution in [3.8, 4) is 5.69 Å². The summed E-state index contributed by atoms with van der Waals surface area (Å²) in [4.78, 5) is 30.1. The molecular weight excluding hydrogens is 435 g/mol. The summed E-state index contributed by atoms with van der Waals surface area (Å²) in [6.07, 6.45) is -0.581. The summed E-state index contributed by atoms with van der Waals surface area (Å²) in [6, 6.07) is 11.3. The Morgan fingerprint density at radius 3 is 2.61 bits per heavy atom. The van der Waals surface area contributed by atoms with Gasteiger partial charge in [0.25, 0.3) is 0 Å². The third kappa shape index (κ3) is 3.79. The predicted molar refractivity (Wildman–Crippen MR) is 116 cm³/mol. The smallest absolute Gasteiger partial charge is 0.325 e. The van der Waals surface area contributed by atoms with Gasteiger partial charge in [0.1, 0.15) is 18.0 Å². The fourth-order valence-electron chi connectivity index (χ4n) is 4.52. The van der Waals surface area contributed by atoms with Gasteiger partial charge >= 0.3 is 6.03 Å². The molecular formula is C23H22F3N5O2. The molecule has 0 N–H and O–H groups in total. The molecule has 2 aliphatic rings. The van der Waals surface area contributed by atoms with Crippen molar-refractivity contribution in [2.45, 2.75) is 12.8 Å². The molecule has 2 saturated heterocycles. The van der Waals surface area contributed by atoms with Crippen LogP contribution in [-0.2, 0) is 4.79 Å². The monoisotopic (exact) mass is 457 g/mol. The molecule has 10 heteroatoms. The minimum absolute atomic E-state index is 0.0246. The third-order valence-corrected chi connectivity index (χ3v) is 6.32. The summed E-state index contributed by atoms with van der Waals surface area (Å²) in [6.45, 7) is 0.880. The van der Waals surface area contributed by atoms with Crippen molar-refractivity contribution in [3.63, 3.8) is 0 Å². The van der Waals surface area contributed by atoms with Gasteiger partial charge in [-0.3, -0.25) is 9.69 Å². The van der Waals surface area contributed by atoms with E-state index >= 15 is 0 Å². The van der Waals surface area contributed by atoms with Gasteiger partial charge in [0.15, 0.2) is 0 Å². The minimum Gasteiger partial charge on any atom is -0.341 e. The highest BCUT2D eigenvalue weighted by Gasteiger charge is 2.36. The first-order valence-corrected chi connectivity index (χ1v) is 10.8. The number of hydrogen-bond donors (Lipinski definition) is 0. The largest absolute Gasteiger partial charge is 0.341 e. The fraction of sp³-hybridized carbons (Fsp3) is 0.348. The maximum Gasteiger partial charge on any atom is 0.325 e. The van der Waals surface area contributed by atoms with Crippen LogP contribution in [0.5, 0.6) is 0 Å². The molecule has 0 saturated carbocycles. The van der Waals surface area contributed by atoms with Crippen molar-refractivity contribution >= 4 is 28.5 Å². The number of hydrogen-bond acceptors (Lipinski definition) is 3. The van der Waals surface area contributed by atoms with Crippen molar-refractivity contribution in [2.75, 3.05) is 37.6 Å². The Hall–Kier alpha value is -3.56. The standard InChI is InChI=1S/C23H22F3N5O2/c24-17-4-1-2-5-20(17)31-19-7-3-6-18(16(19)12-27-31)30-11-10-29(23(30)33)14-21(32)28-9-8-15(13-28)22(25)26/h1-7,12,15,22H,8-11,13-14H2. The Bertz CT molecular complexity index is 1210. The number of carbonyl (C=O) groups is 2. The average Bonchev–Trinajstić information content (AvgIpc) is 3.53. The lowest BCUT2D eigenvalue weighted by Crippen LogP contribution is -2.41. The van der Waals surface area contributed by atoms with Crippen molar-refractivity contribution in [1.29, 1.82) is 0 Å². The third-order valence-electron chi connectivity index (χ3n) is 6.32. The van der Waals surface area contributed by atoms with E-state index in [1.807, 2.05) is 0 Å². The average molecular weight is 457 g/mol. The Morgan fingerprint density at radius 2 is 1.85 bits per heavy atom. The molecule has 1 aromatic heterocycles. The molecule has 2 aliphatic heterocycles. The van der Waals surface area contributed by atoms with E-state index in [-0.39, 0.29) is 38.0 Å². The number of likely N-dealkylation sites (tertiary alicyclic amines) is 1. The molecule has 3 aromatic rings. The first kappa shape index (κ1) is 21.3. The lowest BCUT2D eigenvalue weighted by Gasteiger charge is -2.22. The lowest BCUT2D eigenvalue weighted by molar-refractivity contribution is -0.130. The number of alkyl halides is 2. The minimum atomic E-state index is -2.45. The zero-order valence-electron chi connectivity index (χ0n) is 17.7. The molecule has 2 aromatic carbocycles. The quantitative estimate of drug-likeness (QED) is 0.589. The molecule has 0 spiro atoms. The van der Waals surface area contributed by atoms with Crippen LogP contribution in [0.4, 0.5) is 23.7 Å². The second kappa shape index (κ2) is 8.42. The molecule has 3 heterocycles. The van der Waals surface area contributed by atoms with Crippen molar-refractivity contribution in [3.05, 3.63) is 54.5 Å². The first-order chi connectivity index (χ1) is 15.9. The summed E-state index contributed by atoms with van der Waals surface area (Å²) in [5, 5.41) is 5.01. The van der Waals surface area contributed by atoms with E-state index in [4.69, 9.17) is 0 Å². The molecule has 1 atom stereocenters. The summed E-state index contributed by atoms with van der Waals surface area (Å²) in [5.74, 6) is -1.53. The highest BCUT2D eigenvalue weighted by atomic mass is 19.3. The van der Waals surface area contributed by atoms with Crippen LogP contribution in [0, 0.1) is 11.7 Å². The summed E-state index contributed by atoms with van der Waals surface area (Å²) >= 11 is 0. The number of fused-ring (bicyclic) bond motifs is 1. The molecule has 0 radical (unpaired) electrons. The van der Waals surface area contributed by atoms with E-state index in [1.54, 1.807) is 47.5 Å². The molecule has 0 bridgehead atoms. The Balaban J connectivity index is 1.35. The zero-order valence-corrected chi connectivity index (χ0v) is 17.7. The number of para-hydroxylation sites is 1. The SMILES string of the molecule is O=C(CN1CCN(c2cccc3c2cnn3-c2ccccc2F)C1=O)N1CCC(C(F)F)C1. The van der Waals surface area contributed by atoms with Crippen LogP contribution in [0.2, 0.25) is 0 Å². The van der Waals surface area contributed by atoms with Crippen molar-refractivity contribution in [2.24, 2.45) is 5.92 Å². The van der Waals surface area contributed by atoms with Crippen LogP contribution < -0.4 is 4.90 Å². The maximum atomic E-state index is 14.3. The van der Waals surface area contributed by atoms with E-state index in [0.29, 0.717) is 35.4 Å². The van der Waals surface area contributed by atoms with Gasteiger partial charge in [-0.25, -0.2) is 22.6 Å². The normalized spacial score (nSPS) is 18.8. The molecule has 33 heavy (non-hydrogen) atoms. The van der Waals surface area contributed by atoms with Crippen LogP contribution in [-0.4, -0.2) is 70.7 Å². The van der Waals surface area contributed by atoms with Gasteiger partial charge in [-0.15, -0.1) is 0 Å². The topological polar surface area (TPSA) is 61.7 Å². The summed E-state index contributed by atoms with van der Waals surface area (Å²) in [5.41, 5.74) is 1.57. The van der Waals surface area contributed by atoms with E-state index in [1.165, 1.54) is 20.5 Å². The van der Waals surface area contributed by atoms with Gasteiger partial charge in [0, 0.05) is 37.5 Å². The van der Waals surface area contributed by atoms with Gasteiger partial charge in [0.2, 0.25) is 12.3 Å². The number of carbonyl (C=O) groups excluding carboxylic acids is 2. The molecule has 1 unspecified atom stereocenters. The van der Waals surface area contributed by atoms with Gasteiger partial charge in [-0.05, 0) is 30.7 Å². The Labute approximate surface area is 188 Å². The van der Waals surface area contributed by atoms with Gasteiger partial charge < -0.3 is 9.80 Å². The number of urea groups is 1. The van der Waals surface area contributed by atoms with Crippen molar-refractivity contribution in [1.82, 2.24) is 19.6 Å². The molecule has 3 amide bonds. The van der Waals surface area contributed by atoms with E-state index in [9.17, 15) is 22.8 Å². The van der Waals surface area contributed by atoms with Crippen LogP contribution >= 0.6 is 0 Å². The molecule has 5 rings (SSSR count). The Morgan fingerprint density at radius 1 is 1.06 bits per heavy atom. The second-order valence-electron chi connectivity index (χ2n) is 8.30. The van der Waals surface area contributed by atoms with Crippen LogP contribution in [0.25, 0.3) is 16.6 Å². The van der Waals surface area contributed by atoms with Crippen LogP contribution in [0.15, 0.2) is 48.7 Å². The lowest BCUT2D eigenvalue weighted by atomic mass is 10.1. The van der Waals surface area contributed by atoms with Gasteiger partial charge in [0.05, 0.1) is 17.4 Å². The van der Waals surface area contributed by atoms with Gasteiger partial charge in [-0.2, -0.15) is 5.10 Å². The molecule has 2 fully saturated rings. The maximum absolute atomic E-state index is 14.3. The fourth-order valence-corrected chi connectivity index (χ4v) is 4.52. The predicted octanol–water partition coefficient (Wildman–Crippen LogP) is 3.52. The number of halogens is 3. The van der Waals surface area contributed by atoms with Crippen LogP contribution in [0.3, 0.4) is 0 Å².